The van der Waals surface area contributed by atoms with E-state index >= 15 is 0 Å². The van der Waals surface area contributed by atoms with E-state index in [-0.39, 0.29) is 24.8 Å². The van der Waals surface area contributed by atoms with Crippen LogP contribution in [0.15, 0.2) is 78.9 Å². The Morgan fingerprint density at radius 1 is 0.902 bits per heavy atom. The van der Waals surface area contributed by atoms with Crippen molar-refractivity contribution in [3.05, 3.63) is 101 Å². The van der Waals surface area contributed by atoms with Gasteiger partial charge in [-0.2, -0.15) is 0 Å². The molecule has 0 aliphatic rings. The zero-order valence-electron chi connectivity index (χ0n) is 24.2. The molecule has 0 aromatic heterocycles. The van der Waals surface area contributed by atoms with Gasteiger partial charge in [-0.3, -0.25) is 13.9 Å². The van der Waals surface area contributed by atoms with Crippen LogP contribution in [0.3, 0.4) is 0 Å². The van der Waals surface area contributed by atoms with Crippen molar-refractivity contribution >= 4 is 39.1 Å². The number of sulfonamides is 1. The summed E-state index contributed by atoms with van der Waals surface area (Å²) in [6, 6.07) is 22.9. The zero-order chi connectivity index (χ0) is 30.0. The standard InChI is InChI=1S/C32H40ClN3O4S/c1-5-6-20-34-32(38)30(21-25-10-8-7-9-11-25)35(22-26-12-16-28(33)17-13-26)31(37)23-36(41(4,39)40)29-18-14-27(15-19-29)24(2)3/h7-19,24,30H,5-6,20-23H2,1-4H3,(H,34,38)/t30-/m1/s1. The summed E-state index contributed by atoms with van der Waals surface area (Å²) < 4.78 is 27.0. The molecule has 7 nitrogen and oxygen atoms in total. The van der Waals surface area contributed by atoms with E-state index in [9.17, 15) is 18.0 Å². The second-order valence-corrected chi connectivity index (χ2v) is 12.9. The molecule has 0 heterocycles. The summed E-state index contributed by atoms with van der Waals surface area (Å²) >= 11 is 6.10. The van der Waals surface area contributed by atoms with Gasteiger partial charge in [0.2, 0.25) is 21.8 Å². The molecule has 9 heteroatoms. The average Bonchev–Trinajstić information content (AvgIpc) is 2.94. The highest BCUT2D eigenvalue weighted by Crippen LogP contribution is 2.23. The smallest absolute Gasteiger partial charge is 0.244 e. The highest BCUT2D eigenvalue weighted by atomic mass is 35.5. The molecule has 0 fully saturated rings. The second-order valence-electron chi connectivity index (χ2n) is 10.5. The molecular formula is C32H40ClN3O4S. The van der Waals surface area contributed by atoms with E-state index in [1.54, 1.807) is 36.4 Å². The van der Waals surface area contributed by atoms with Crippen molar-refractivity contribution in [1.29, 1.82) is 0 Å². The van der Waals surface area contributed by atoms with Gasteiger partial charge in [0.25, 0.3) is 0 Å². The van der Waals surface area contributed by atoms with Crippen molar-refractivity contribution in [2.75, 3.05) is 23.7 Å². The van der Waals surface area contributed by atoms with Crippen LogP contribution in [0, 0.1) is 0 Å². The molecule has 1 atom stereocenters. The van der Waals surface area contributed by atoms with E-state index in [0.717, 1.165) is 40.1 Å². The van der Waals surface area contributed by atoms with Gasteiger partial charge in [0, 0.05) is 24.5 Å². The van der Waals surface area contributed by atoms with Gasteiger partial charge in [0.05, 0.1) is 11.9 Å². The number of nitrogens with one attached hydrogen (secondary N) is 1. The highest BCUT2D eigenvalue weighted by molar-refractivity contribution is 7.92. The molecule has 0 bridgehead atoms. The van der Waals surface area contributed by atoms with Gasteiger partial charge >= 0.3 is 0 Å². The minimum absolute atomic E-state index is 0.110. The number of amides is 2. The topological polar surface area (TPSA) is 86.8 Å². The lowest BCUT2D eigenvalue weighted by Crippen LogP contribution is -2.53. The van der Waals surface area contributed by atoms with Crippen molar-refractivity contribution in [3.8, 4) is 0 Å². The number of benzene rings is 3. The summed E-state index contributed by atoms with van der Waals surface area (Å²) in [5, 5.41) is 3.53. The first-order chi connectivity index (χ1) is 19.5. The molecule has 220 valence electrons. The third kappa shape index (κ3) is 9.61. The number of unbranched alkanes of at least 4 members (excludes halogenated alkanes) is 1. The first kappa shape index (κ1) is 32.2. The summed E-state index contributed by atoms with van der Waals surface area (Å²) in [6.07, 6.45) is 3.08. The van der Waals surface area contributed by atoms with Crippen LogP contribution in [0.2, 0.25) is 5.02 Å². The molecule has 3 rings (SSSR count). The van der Waals surface area contributed by atoms with Crippen molar-refractivity contribution in [3.63, 3.8) is 0 Å². The van der Waals surface area contributed by atoms with Crippen LogP contribution < -0.4 is 9.62 Å². The monoisotopic (exact) mass is 597 g/mol. The molecule has 0 aliphatic heterocycles. The summed E-state index contributed by atoms with van der Waals surface area (Å²) in [5.74, 6) is -0.487. The lowest BCUT2D eigenvalue weighted by Gasteiger charge is -2.33. The van der Waals surface area contributed by atoms with Crippen LogP contribution >= 0.6 is 11.6 Å². The molecule has 0 saturated heterocycles. The number of halogens is 1. The van der Waals surface area contributed by atoms with E-state index in [2.05, 4.69) is 19.2 Å². The SMILES string of the molecule is CCCCNC(=O)[C@@H](Cc1ccccc1)N(Cc1ccc(Cl)cc1)C(=O)CN(c1ccc(C(C)C)cc1)S(C)(=O)=O. The number of anilines is 1. The normalized spacial score (nSPS) is 12.1. The maximum absolute atomic E-state index is 14.1. The predicted octanol–water partition coefficient (Wildman–Crippen LogP) is 5.79. The Kier molecular flexibility index (Phi) is 11.8. The molecule has 1 N–H and O–H groups in total. The quantitative estimate of drug-likeness (QED) is 0.238. The summed E-state index contributed by atoms with van der Waals surface area (Å²) in [5.41, 5.74) is 3.11. The van der Waals surface area contributed by atoms with Crippen LogP contribution in [-0.2, 0) is 32.6 Å². The van der Waals surface area contributed by atoms with E-state index < -0.39 is 28.5 Å². The Hall–Kier alpha value is -3.36. The number of hydrogen-bond acceptors (Lipinski definition) is 4. The van der Waals surface area contributed by atoms with Crippen molar-refractivity contribution in [2.45, 2.75) is 58.5 Å². The van der Waals surface area contributed by atoms with Crippen molar-refractivity contribution in [2.24, 2.45) is 0 Å². The largest absolute Gasteiger partial charge is 0.354 e. The van der Waals surface area contributed by atoms with Gasteiger partial charge in [0.1, 0.15) is 12.6 Å². The lowest BCUT2D eigenvalue weighted by molar-refractivity contribution is -0.140. The molecule has 0 aliphatic carbocycles. The number of nitrogens with zero attached hydrogens (tertiary/aromatic N) is 2. The lowest BCUT2D eigenvalue weighted by atomic mass is 10.0. The minimum Gasteiger partial charge on any atom is -0.354 e. The van der Waals surface area contributed by atoms with E-state index in [1.807, 2.05) is 49.4 Å². The third-order valence-electron chi connectivity index (χ3n) is 6.89. The maximum atomic E-state index is 14.1. The van der Waals surface area contributed by atoms with Gasteiger partial charge in [0.15, 0.2) is 0 Å². The highest BCUT2D eigenvalue weighted by Gasteiger charge is 2.33. The second kappa shape index (κ2) is 15.0. The van der Waals surface area contributed by atoms with Gasteiger partial charge in [-0.1, -0.05) is 93.4 Å². The Bertz CT molecular complexity index is 1380. The minimum atomic E-state index is -3.81. The molecule has 0 saturated carbocycles. The summed E-state index contributed by atoms with van der Waals surface area (Å²) in [7, 11) is -3.81. The summed E-state index contributed by atoms with van der Waals surface area (Å²) in [4.78, 5) is 29.2. The van der Waals surface area contributed by atoms with Gasteiger partial charge in [-0.05, 0) is 53.3 Å². The van der Waals surface area contributed by atoms with E-state index in [4.69, 9.17) is 11.6 Å². The Morgan fingerprint density at radius 2 is 1.54 bits per heavy atom. The molecule has 2 amide bonds. The first-order valence-corrected chi connectivity index (χ1v) is 16.2. The number of carbonyl (C=O) groups is 2. The third-order valence-corrected chi connectivity index (χ3v) is 8.29. The van der Waals surface area contributed by atoms with E-state index in [0.29, 0.717) is 17.3 Å². The van der Waals surface area contributed by atoms with Gasteiger partial charge in [-0.15, -0.1) is 0 Å². The van der Waals surface area contributed by atoms with Gasteiger partial charge in [-0.25, -0.2) is 8.42 Å². The van der Waals surface area contributed by atoms with Crippen LogP contribution in [0.5, 0.6) is 0 Å². The van der Waals surface area contributed by atoms with Gasteiger partial charge < -0.3 is 10.2 Å². The van der Waals surface area contributed by atoms with Crippen LogP contribution in [0.25, 0.3) is 0 Å². The molecule has 0 unspecified atom stereocenters. The molecular weight excluding hydrogens is 558 g/mol. The van der Waals surface area contributed by atoms with Crippen LogP contribution in [-0.4, -0.2) is 50.5 Å². The Morgan fingerprint density at radius 3 is 2.10 bits per heavy atom. The fourth-order valence-corrected chi connectivity index (χ4v) is 5.46. The molecule has 3 aromatic rings. The Labute approximate surface area is 249 Å². The Balaban J connectivity index is 2.02. The van der Waals surface area contributed by atoms with Crippen molar-refractivity contribution in [1.82, 2.24) is 10.2 Å². The van der Waals surface area contributed by atoms with Crippen LogP contribution in [0.4, 0.5) is 5.69 Å². The van der Waals surface area contributed by atoms with E-state index in [1.165, 1.54) is 4.90 Å². The van der Waals surface area contributed by atoms with Crippen LogP contribution in [0.1, 0.15) is 56.2 Å². The molecule has 0 radical (unpaired) electrons. The number of hydrogen-bond donors (Lipinski definition) is 1. The maximum Gasteiger partial charge on any atom is 0.244 e. The first-order valence-electron chi connectivity index (χ1n) is 13.9. The molecule has 3 aromatic carbocycles. The van der Waals surface area contributed by atoms with Crippen molar-refractivity contribution < 1.29 is 18.0 Å². The predicted molar refractivity (Wildman–Crippen MR) is 167 cm³/mol. The average molecular weight is 598 g/mol. The zero-order valence-corrected chi connectivity index (χ0v) is 25.8. The molecule has 0 spiro atoms. The fraction of sp³-hybridized carbons (Fsp3) is 0.375. The number of carbonyl (C=O) groups excluding carboxylic acids is 2. The fourth-order valence-electron chi connectivity index (χ4n) is 4.49. The summed E-state index contributed by atoms with van der Waals surface area (Å²) in [6.45, 7) is 6.30. The molecule has 41 heavy (non-hydrogen) atoms. The number of rotatable bonds is 14.